The number of hydrogen-bond acceptors (Lipinski definition) is 5. The zero-order valence-electron chi connectivity index (χ0n) is 15.3. The van der Waals surface area contributed by atoms with E-state index < -0.39 is 5.97 Å². The van der Waals surface area contributed by atoms with Gasteiger partial charge in [-0.05, 0) is 28.8 Å². The Morgan fingerprint density at radius 1 is 1.25 bits per heavy atom. The van der Waals surface area contributed by atoms with Crippen LogP contribution in [0.1, 0.15) is 20.8 Å². The monoisotopic (exact) mass is 390 g/mol. The Morgan fingerprint density at radius 2 is 2.04 bits per heavy atom. The van der Waals surface area contributed by atoms with Gasteiger partial charge in [-0.2, -0.15) is 0 Å². The molecule has 0 saturated heterocycles. The molecule has 0 aliphatic heterocycles. The summed E-state index contributed by atoms with van der Waals surface area (Å²) in [6.07, 6.45) is 3.05. The predicted molar refractivity (Wildman–Crippen MR) is 112 cm³/mol. The maximum Gasteiger partial charge on any atom is 0.348 e. The molecule has 28 heavy (non-hydrogen) atoms. The smallest absolute Gasteiger partial charge is 0.348 e. The lowest BCUT2D eigenvalue weighted by molar-refractivity contribution is 0.0555. The summed E-state index contributed by atoms with van der Waals surface area (Å²) in [5.74, 6) is -0.458. The molecule has 2 aromatic heterocycles. The lowest BCUT2D eigenvalue weighted by Crippen LogP contribution is -2.21. The molecule has 5 nitrogen and oxygen atoms in total. The van der Waals surface area contributed by atoms with Gasteiger partial charge in [-0.1, -0.05) is 55.1 Å². The average molecular weight is 390 g/mol. The molecule has 2 heterocycles. The summed E-state index contributed by atoms with van der Waals surface area (Å²) >= 11 is 1.18. The quantitative estimate of drug-likeness (QED) is 0.376. The summed E-state index contributed by atoms with van der Waals surface area (Å²) in [5.41, 5.74) is 1.49. The maximum absolute atomic E-state index is 13.1. The van der Waals surface area contributed by atoms with Crippen LogP contribution in [0.2, 0.25) is 0 Å². The van der Waals surface area contributed by atoms with E-state index in [9.17, 15) is 9.59 Å². The van der Waals surface area contributed by atoms with Gasteiger partial charge in [-0.25, -0.2) is 9.78 Å². The molecule has 6 heteroatoms. The van der Waals surface area contributed by atoms with Crippen molar-refractivity contribution in [3.8, 4) is 0 Å². The Hall–Kier alpha value is -3.25. The first-order valence-electron chi connectivity index (χ1n) is 8.83. The number of aryl methyl sites for hydroxylation is 1. The van der Waals surface area contributed by atoms with Crippen molar-refractivity contribution in [3.63, 3.8) is 0 Å². The summed E-state index contributed by atoms with van der Waals surface area (Å²) in [7, 11) is 0. The van der Waals surface area contributed by atoms with E-state index in [0.29, 0.717) is 27.2 Å². The molecule has 0 atom stereocenters. The number of nitrogens with zero attached hydrogens (tertiary/aromatic N) is 2. The Morgan fingerprint density at radius 3 is 2.86 bits per heavy atom. The van der Waals surface area contributed by atoms with E-state index in [2.05, 4.69) is 11.6 Å². The second-order valence-electron chi connectivity index (χ2n) is 6.44. The number of rotatable bonds is 5. The van der Waals surface area contributed by atoms with Gasteiger partial charge in [-0.15, -0.1) is 11.3 Å². The van der Waals surface area contributed by atoms with E-state index in [1.54, 1.807) is 17.8 Å². The zero-order valence-corrected chi connectivity index (χ0v) is 16.2. The van der Waals surface area contributed by atoms with Gasteiger partial charge in [0.2, 0.25) is 0 Å². The predicted octanol–water partition coefficient (Wildman–Crippen LogP) is 4.31. The van der Waals surface area contributed by atoms with Crippen molar-refractivity contribution in [3.05, 3.63) is 87.8 Å². The van der Waals surface area contributed by atoms with Crippen LogP contribution < -0.4 is 5.56 Å². The van der Waals surface area contributed by atoms with Gasteiger partial charge < -0.3 is 4.74 Å². The van der Waals surface area contributed by atoms with E-state index in [1.807, 2.05) is 42.5 Å². The highest BCUT2D eigenvalue weighted by Crippen LogP contribution is 2.27. The Labute approximate surface area is 165 Å². The molecule has 0 amide bonds. The molecule has 140 valence electrons. The standard InChI is InChI=1S/C22H18N2O3S/c1-3-11-27-22(26)19-14(2)18-20(28-19)23-13-24(21(18)25)12-16-9-6-8-15-7-4-5-10-17(15)16/h3-10,13H,1,11-12H2,2H3. The largest absolute Gasteiger partial charge is 0.457 e. The van der Waals surface area contributed by atoms with Gasteiger partial charge >= 0.3 is 5.97 Å². The lowest BCUT2D eigenvalue weighted by atomic mass is 10.0. The third-order valence-electron chi connectivity index (χ3n) is 4.66. The van der Waals surface area contributed by atoms with E-state index in [1.165, 1.54) is 17.4 Å². The fourth-order valence-electron chi connectivity index (χ4n) is 3.28. The minimum absolute atomic E-state index is 0.130. The Kier molecular flexibility index (Phi) is 4.79. The summed E-state index contributed by atoms with van der Waals surface area (Å²) < 4.78 is 6.70. The zero-order chi connectivity index (χ0) is 19.7. The Bertz CT molecular complexity index is 1260. The first kappa shape index (κ1) is 18.1. The summed E-state index contributed by atoms with van der Waals surface area (Å²) in [5, 5.41) is 2.70. The number of fused-ring (bicyclic) bond motifs is 2. The van der Waals surface area contributed by atoms with Crippen molar-refractivity contribution in [2.24, 2.45) is 0 Å². The van der Waals surface area contributed by atoms with Crippen molar-refractivity contribution >= 4 is 38.3 Å². The van der Waals surface area contributed by atoms with Crippen LogP contribution in [0, 0.1) is 6.92 Å². The van der Waals surface area contributed by atoms with E-state index in [0.717, 1.165) is 16.3 Å². The Balaban J connectivity index is 1.78. The van der Waals surface area contributed by atoms with E-state index >= 15 is 0 Å². The minimum atomic E-state index is -0.458. The first-order chi connectivity index (χ1) is 13.6. The number of ether oxygens (including phenoxy) is 1. The maximum atomic E-state index is 13.1. The van der Waals surface area contributed by atoms with E-state index in [-0.39, 0.29) is 12.2 Å². The highest BCUT2D eigenvalue weighted by molar-refractivity contribution is 7.20. The van der Waals surface area contributed by atoms with Crippen LogP contribution in [0.4, 0.5) is 0 Å². The molecule has 4 rings (SSSR count). The number of esters is 1. The number of thiophene rings is 1. The molecule has 0 spiro atoms. The van der Waals surface area contributed by atoms with Crippen molar-refractivity contribution < 1.29 is 9.53 Å². The van der Waals surface area contributed by atoms with Gasteiger partial charge in [0.05, 0.1) is 18.3 Å². The molecule has 0 unspecified atom stereocenters. The van der Waals surface area contributed by atoms with Gasteiger partial charge in [0.25, 0.3) is 5.56 Å². The number of benzene rings is 2. The topological polar surface area (TPSA) is 61.2 Å². The summed E-state index contributed by atoms with van der Waals surface area (Å²) in [6.45, 7) is 5.84. The molecule has 0 aliphatic carbocycles. The molecule has 4 aromatic rings. The van der Waals surface area contributed by atoms with Gasteiger partial charge in [-0.3, -0.25) is 9.36 Å². The number of aromatic nitrogens is 2. The van der Waals surface area contributed by atoms with Crippen LogP contribution in [0.3, 0.4) is 0 Å². The molecule has 0 bridgehead atoms. The molecule has 0 N–H and O–H groups in total. The third-order valence-corrected chi connectivity index (χ3v) is 5.84. The fraction of sp³-hybridized carbons (Fsp3) is 0.136. The second kappa shape index (κ2) is 7.40. The molecule has 2 aromatic carbocycles. The highest BCUT2D eigenvalue weighted by Gasteiger charge is 2.20. The fourth-order valence-corrected chi connectivity index (χ4v) is 4.31. The van der Waals surface area contributed by atoms with Crippen LogP contribution in [0.25, 0.3) is 21.0 Å². The van der Waals surface area contributed by atoms with Crippen LogP contribution in [0.15, 0.2) is 66.2 Å². The number of carbonyl (C=O) groups excluding carboxylic acids is 1. The van der Waals surface area contributed by atoms with Crippen LogP contribution in [-0.2, 0) is 11.3 Å². The molecule has 0 radical (unpaired) electrons. The van der Waals surface area contributed by atoms with Crippen LogP contribution in [-0.4, -0.2) is 22.1 Å². The van der Waals surface area contributed by atoms with Gasteiger partial charge in [0.1, 0.15) is 16.3 Å². The number of carbonyl (C=O) groups is 1. The van der Waals surface area contributed by atoms with Gasteiger partial charge in [0, 0.05) is 0 Å². The van der Waals surface area contributed by atoms with Crippen molar-refractivity contribution in [2.45, 2.75) is 13.5 Å². The lowest BCUT2D eigenvalue weighted by Gasteiger charge is -2.09. The van der Waals surface area contributed by atoms with Crippen molar-refractivity contribution in [2.75, 3.05) is 6.61 Å². The van der Waals surface area contributed by atoms with Crippen LogP contribution in [0.5, 0.6) is 0 Å². The second-order valence-corrected chi connectivity index (χ2v) is 7.44. The SMILES string of the molecule is C=CCOC(=O)c1sc2ncn(Cc3cccc4ccccc34)c(=O)c2c1C. The molecule has 0 fully saturated rings. The summed E-state index contributed by atoms with van der Waals surface area (Å²) in [6, 6.07) is 14.1. The molecule has 0 saturated carbocycles. The summed E-state index contributed by atoms with van der Waals surface area (Å²) in [4.78, 5) is 30.7. The van der Waals surface area contributed by atoms with Crippen molar-refractivity contribution in [1.82, 2.24) is 9.55 Å². The highest BCUT2D eigenvalue weighted by atomic mass is 32.1. The van der Waals surface area contributed by atoms with Crippen LogP contribution >= 0.6 is 11.3 Å². The minimum Gasteiger partial charge on any atom is -0.457 e. The van der Waals surface area contributed by atoms with Gasteiger partial charge in [0.15, 0.2) is 0 Å². The molecular weight excluding hydrogens is 372 g/mol. The van der Waals surface area contributed by atoms with Crippen molar-refractivity contribution in [1.29, 1.82) is 0 Å². The number of hydrogen-bond donors (Lipinski definition) is 0. The average Bonchev–Trinajstić information content (AvgIpc) is 3.06. The third kappa shape index (κ3) is 3.12. The normalized spacial score (nSPS) is 11.0. The first-order valence-corrected chi connectivity index (χ1v) is 9.65. The molecule has 0 aliphatic rings. The van der Waals surface area contributed by atoms with E-state index in [4.69, 9.17) is 4.74 Å². The molecular formula is C22H18N2O3S.